The monoisotopic (exact) mass is 279 g/mol. The van der Waals surface area contributed by atoms with Gasteiger partial charge in [-0.25, -0.2) is 0 Å². The number of hydrogen-bond donors (Lipinski definition) is 1. The molecule has 0 aromatic heterocycles. The Kier molecular flexibility index (Phi) is 5.59. The highest BCUT2D eigenvalue weighted by molar-refractivity contribution is 7.99. The van der Waals surface area contributed by atoms with Crippen LogP contribution in [-0.4, -0.2) is 23.7 Å². The third kappa shape index (κ3) is 4.15. The van der Waals surface area contributed by atoms with Crippen molar-refractivity contribution in [1.29, 1.82) is 0 Å². The molecule has 1 fully saturated rings. The highest BCUT2D eigenvalue weighted by atomic mass is 32.2. The molecule has 1 heterocycles. The minimum Gasteiger partial charge on any atom is -0.494 e. The first-order valence-electron chi connectivity index (χ1n) is 7.31. The van der Waals surface area contributed by atoms with Crippen molar-refractivity contribution in [3.63, 3.8) is 0 Å². The first kappa shape index (κ1) is 14.7. The molecule has 2 nitrogen and oxygen atoms in total. The molecule has 3 atom stereocenters. The lowest BCUT2D eigenvalue weighted by Gasteiger charge is -2.32. The third-order valence-corrected chi connectivity index (χ3v) is 5.14. The van der Waals surface area contributed by atoms with Gasteiger partial charge in [-0.15, -0.1) is 0 Å². The largest absolute Gasteiger partial charge is 0.494 e. The summed E-state index contributed by atoms with van der Waals surface area (Å²) in [6, 6.07) is 9.51. The standard InChI is InChI=1S/C16H25NOS/c1-4-18-15-9-7-14(8-10-15)12(2)17-16-6-5-11-19-13(16)3/h7-10,12-13,16-17H,4-6,11H2,1-3H3. The molecule has 0 radical (unpaired) electrons. The van der Waals surface area contributed by atoms with Gasteiger partial charge in [0.1, 0.15) is 5.75 Å². The zero-order valence-corrected chi connectivity index (χ0v) is 13.0. The van der Waals surface area contributed by atoms with Crippen LogP contribution in [0.2, 0.25) is 0 Å². The minimum absolute atomic E-state index is 0.404. The summed E-state index contributed by atoms with van der Waals surface area (Å²) in [4.78, 5) is 0. The van der Waals surface area contributed by atoms with Crippen molar-refractivity contribution in [2.24, 2.45) is 0 Å². The average Bonchev–Trinajstić information content (AvgIpc) is 2.42. The lowest BCUT2D eigenvalue weighted by atomic mass is 10.0. The molecule has 0 aliphatic carbocycles. The van der Waals surface area contributed by atoms with Crippen LogP contribution in [0.25, 0.3) is 0 Å². The van der Waals surface area contributed by atoms with Crippen molar-refractivity contribution in [2.45, 2.75) is 50.9 Å². The summed E-state index contributed by atoms with van der Waals surface area (Å²) in [7, 11) is 0. The Labute approximate surface area is 121 Å². The fraction of sp³-hybridized carbons (Fsp3) is 0.625. The van der Waals surface area contributed by atoms with E-state index in [1.165, 1.54) is 24.2 Å². The Bertz CT molecular complexity index is 379. The van der Waals surface area contributed by atoms with Crippen molar-refractivity contribution in [2.75, 3.05) is 12.4 Å². The normalized spacial score (nSPS) is 25.0. The number of benzene rings is 1. The van der Waals surface area contributed by atoms with Crippen LogP contribution in [0.1, 0.15) is 45.2 Å². The van der Waals surface area contributed by atoms with Gasteiger partial charge in [0.25, 0.3) is 0 Å². The average molecular weight is 279 g/mol. The van der Waals surface area contributed by atoms with E-state index in [0.29, 0.717) is 12.1 Å². The first-order valence-corrected chi connectivity index (χ1v) is 8.36. The van der Waals surface area contributed by atoms with E-state index >= 15 is 0 Å². The molecule has 1 aliphatic rings. The van der Waals surface area contributed by atoms with Crippen molar-refractivity contribution in [1.82, 2.24) is 5.32 Å². The molecule has 3 unspecified atom stereocenters. The van der Waals surface area contributed by atoms with Gasteiger partial charge in [0.15, 0.2) is 0 Å². The summed E-state index contributed by atoms with van der Waals surface area (Å²) in [5, 5.41) is 4.50. The Morgan fingerprint density at radius 3 is 2.74 bits per heavy atom. The van der Waals surface area contributed by atoms with Crippen molar-refractivity contribution in [3.05, 3.63) is 29.8 Å². The van der Waals surface area contributed by atoms with Gasteiger partial charge in [-0.1, -0.05) is 19.1 Å². The maximum atomic E-state index is 5.48. The van der Waals surface area contributed by atoms with Crippen molar-refractivity contribution in [3.8, 4) is 5.75 Å². The van der Waals surface area contributed by atoms with Crippen LogP contribution in [0.5, 0.6) is 5.75 Å². The van der Waals surface area contributed by atoms with Gasteiger partial charge in [0, 0.05) is 17.3 Å². The second kappa shape index (κ2) is 7.20. The molecule has 1 aromatic rings. The van der Waals surface area contributed by atoms with E-state index in [1.54, 1.807) is 0 Å². The quantitative estimate of drug-likeness (QED) is 0.879. The number of nitrogens with one attached hydrogen (secondary N) is 1. The lowest BCUT2D eigenvalue weighted by molar-refractivity contribution is 0.340. The number of ether oxygens (including phenoxy) is 1. The van der Waals surface area contributed by atoms with E-state index in [4.69, 9.17) is 4.74 Å². The Hall–Kier alpha value is -0.670. The molecule has 19 heavy (non-hydrogen) atoms. The number of hydrogen-bond acceptors (Lipinski definition) is 3. The smallest absolute Gasteiger partial charge is 0.119 e. The van der Waals surface area contributed by atoms with E-state index in [-0.39, 0.29) is 0 Å². The zero-order valence-electron chi connectivity index (χ0n) is 12.2. The topological polar surface area (TPSA) is 21.3 Å². The first-order chi connectivity index (χ1) is 9.20. The van der Waals surface area contributed by atoms with E-state index < -0.39 is 0 Å². The number of thioether (sulfide) groups is 1. The SMILES string of the molecule is CCOc1ccc(C(C)NC2CCCSC2C)cc1. The molecule has 0 amide bonds. The maximum Gasteiger partial charge on any atom is 0.119 e. The zero-order chi connectivity index (χ0) is 13.7. The second-order valence-electron chi connectivity index (χ2n) is 5.22. The van der Waals surface area contributed by atoms with E-state index in [1.807, 2.05) is 6.92 Å². The van der Waals surface area contributed by atoms with Gasteiger partial charge in [-0.05, 0) is 50.1 Å². The molecular weight excluding hydrogens is 254 g/mol. The Morgan fingerprint density at radius 2 is 2.11 bits per heavy atom. The van der Waals surface area contributed by atoms with Gasteiger partial charge < -0.3 is 10.1 Å². The van der Waals surface area contributed by atoms with Gasteiger partial charge in [0.05, 0.1) is 6.61 Å². The molecule has 1 N–H and O–H groups in total. The summed E-state index contributed by atoms with van der Waals surface area (Å²) in [5.74, 6) is 2.27. The van der Waals surface area contributed by atoms with Gasteiger partial charge >= 0.3 is 0 Å². The molecule has 1 saturated heterocycles. The predicted octanol–water partition coefficient (Wildman–Crippen LogP) is 4.02. The predicted molar refractivity (Wildman–Crippen MR) is 84.1 cm³/mol. The van der Waals surface area contributed by atoms with Crippen LogP contribution in [0, 0.1) is 0 Å². The van der Waals surface area contributed by atoms with Gasteiger partial charge in [-0.3, -0.25) is 0 Å². The lowest BCUT2D eigenvalue weighted by Crippen LogP contribution is -2.40. The highest BCUT2D eigenvalue weighted by Gasteiger charge is 2.23. The van der Waals surface area contributed by atoms with Crippen LogP contribution in [0.3, 0.4) is 0 Å². The molecule has 2 rings (SSSR count). The molecule has 0 bridgehead atoms. The highest BCUT2D eigenvalue weighted by Crippen LogP contribution is 2.27. The van der Waals surface area contributed by atoms with Crippen molar-refractivity contribution < 1.29 is 4.74 Å². The molecule has 0 saturated carbocycles. The van der Waals surface area contributed by atoms with Crippen LogP contribution < -0.4 is 10.1 Å². The summed E-state index contributed by atoms with van der Waals surface area (Å²) in [5.41, 5.74) is 1.34. The van der Waals surface area contributed by atoms with Crippen molar-refractivity contribution >= 4 is 11.8 Å². The molecule has 1 aromatic carbocycles. The van der Waals surface area contributed by atoms with Crippen LogP contribution in [0.4, 0.5) is 0 Å². The molecule has 106 valence electrons. The summed E-state index contributed by atoms with van der Waals surface area (Å²) >= 11 is 2.09. The fourth-order valence-corrected chi connectivity index (χ4v) is 3.73. The van der Waals surface area contributed by atoms with E-state index in [9.17, 15) is 0 Å². The van der Waals surface area contributed by atoms with Crippen LogP contribution in [0.15, 0.2) is 24.3 Å². The molecule has 0 spiro atoms. The molecule has 3 heteroatoms. The summed E-state index contributed by atoms with van der Waals surface area (Å²) < 4.78 is 5.48. The third-order valence-electron chi connectivity index (χ3n) is 3.76. The Morgan fingerprint density at radius 1 is 1.37 bits per heavy atom. The summed E-state index contributed by atoms with van der Waals surface area (Å²) in [6.45, 7) is 7.33. The number of rotatable bonds is 5. The second-order valence-corrected chi connectivity index (χ2v) is 6.70. The van der Waals surface area contributed by atoms with E-state index in [0.717, 1.165) is 17.6 Å². The van der Waals surface area contributed by atoms with Crippen LogP contribution in [-0.2, 0) is 0 Å². The van der Waals surface area contributed by atoms with Gasteiger partial charge in [0.2, 0.25) is 0 Å². The van der Waals surface area contributed by atoms with E-state index in [2.05, 4.69) is 55.2 Å². The fourth-order valence-electron chi connectivity index (χ4n) is 2.58. The summed E-state index contributed by atoms with van der Waals surface area (Å²) in [6.07, 6.45) is 2.64. The van der Waals surface area contributed by atoms with Gasteiger partial charge in [-0.2, -0.15) is 11.8 Å². The minimum atomic E-state index is 0.404. The maximum absolute atomic E-state index is 5.48. The molecule has 1 aliphatic heterocycles. The van der Waals surface area contributed by atoms with Crippen LogP contribution >= 0.6 is 11.8 Å². The molecular formula is C16H25NOS. The Balaban J connectivity index is 1.93.